The molecule has 0 radical (unpaired) electrons. The summed E-state index contributed by atoms with van der Waals surface area (Å²) in [6.07, 6.45) is 3.30. The van der Waals surface area contributed by atoms with Crippen molar-refractivity contribution in [3.63, 3.8) is 0 Å². The molecule has 0 bridgehead atoms. The van der Waals surface area contributed by atoms with E-state index in [1.807, 2.05) is 48.7 Å². The summed E-state index contributed by atoms with van der Waals surface area (Å²) in [7, 11) is 0. The van der Waals surface area contributed by atoms with Crippen molar-refractivity contribution in [3.05, 3.63) is 71.8 Å². The molecule has 5 heteroatoms. The maximum Gasteiger partial charge on any atom is 0.255 e. The average molecular weight is 292 g/mol. The summed E-state index contributed by atoms with van der Waals surface area (Å²) >= 11 is 0. The van der Waals surface area contributed by atoms with Crippen LogP contribution in [0.15, 0.2) is 55.1 Å². The lowest BCUT2D eigenvalue weighted by atomic mass is 10.1. The van der Waals surface area contributed by atoms with Crippen molar-refractivity contribution in [2.24, 2.45) is 0 Å². The molecular weight excluding hydrogens is 276 g/mol. The summed E-state index contributed by atoms with van der Waals surface area (Å²) in [6.45, 7) is 3.95. The lowest BCUT2D eigenvalue weighted by Gasteiger charge is -2.14. The highest BCUT2D eigenvalue weighted by Crippen LogP contribution is 2.24. The third-order valence-corrected chi connectivity index (χ3v) is 3.51. The fourth-order valence-corrected chi connectivity index (χ4v) is 2.40. The first-order valence-corrected chi connectivity index (χ1v) is 6.98. The van der Waals surface area contributed by atoms with Gasteiger partial charge in [-0.1, -0.05) is 18.2 Å². The molecule has 2 aromatic carbocycles. The molecule has 0 fully saturated rings. The second-order valence-electron chi connectivity index (χ2n) is 5.14. The van der Waals surface area contributed by atoms with E-state index in [2.05, 4.69) is 15.5 Å². The van der Waals surface area contributed by atoms with Crippen LogP contribution in [0.2, 0.25) is 0 Å². The normalized spacial score (nSPS) is 10.5. The van der Waals surface area contributed by atoms with Gasteiger partial charge in [-0.15, -0.1) is 10.2 Å². The summed E-state index contributed by atoms with van der Waals surface area (Å²) in [5.41, 5.74) is 4.44. The Morgan fingerprint density at radius 1 is 1.00 bits per heavy atom. The van der Waals surface area contributed by atoms with Gasteiger partial charge in [-0.3, -0.25) is 9.36 Å². The Labute approximate surface area is 128 Å². The van der Waals surface area contributed by atoms with Gasteiger partial charge >= 0.3 is 0 Å². The van der Waals surface area contributed by atoms with Crippen molar-refractivity contribution in [1.82, 2.24) is 14.8 Å². The molecule has 0 atom stereocenters. The number of hydrogen-bond acceptors (Lipinski definition) is 3. The monoisotopic (exact) mass is 292 g/mol. The summed E-state index contributed by atoms with van der Waals surface area (Å²) in [6, 6.07) is 13.2. The SMILES string of the molecule is Cc1cc(-n2cnnc2)cc(C)c1NC(=O)c1ccccc1. The molecule has 0 aliphatic rings. The number of aromatic nitrogens is 3. The predicted octanol–water partition coefficient (Wildman–Crippen LogP) is 3.14. The van der Waals surface area contributed by atoms with Crippen LogP contribution < -0.4 is 5.32 Å². The molecule has 1 N–H and O–H groups in total. The third-order valence-electron chi connectivity index (χ3n) is 3.51. The molecule has 5 nitrogen and oxygen atoms in total. The van der Waals surface area contributed by atoms with E-state index in [0.717, 1.165) is 22.5 Å². The Balaban J connectivity index is 1.90. The van der Waals surface area contributed by atoms with E-state index >= 15 is 0 Å². The Hall–Kier alpha value is -2.95. The second kappa shape index (κ2) is 5.81. The van der Waals surface area contributed by atoms with E-state index in [9.17, 15) is 4.79 Å². The molecule has 3 rings (SSSR count). The Morgan fingerprint density at radius 3 is 2.18 bits per heavy atom. The van der Waals surface area contributed by atoms with Crippen molar-refractivity contribution in [1.29, 1.82) is 0 Å². The van der Waals surface area contributed by atoms with Crippen LogP contribution in [0.4, 0.5) is 5.69 Å². The summed E-state index contributed by atoms with van der Waals surface area (Å²) in [4.78, 5) is 12.3. The van der Waals surface area contributed by atoms with Gasteiger partial charge in [-0.05, 0) is 49.2 Å². The van der Waals surface area contributed by atoms with Crippen molar-refractivity contribution < 1.29 is 4.79 Å². The molecule has 0 unspecified atom stereocenters. The molecule has 0 saturated carbocycles. The zero-order chi connectivity index (χ0) is 15.5. The Morgan fingerprint density at radius 2 is 1.59 bits per heavy atom. The average Bonchev–Trinajstić information content (AvgIpc) is 3.06. The van der Waals surface area contributed by atoms with E-state index in [1.54, 1.807) is 24.8 Å². The van der Waals surface area contributed by atoms with E-state index < -0.39 is 0 Å². The van der Waals surface area contributed by atoms with E-state index in [1.165, 1.54) is 0 Å². The first-order chi connectivity index (χ1) is 10.6. The van der Waals surface area contributed by atoms with Crippen LogP contribution in [0.1, 0.15) is 21.5 Å². The number of rotatable bonds is 3. The van der Waals surface area contributed by atoms with Gasteiger partial charge in [0.25, 0.3) is 5.91 Å². The van der Waals surface area contributed by atoms with E-state index in [0.29, 0.717) is 5.56 Å². The van der Waals surface area contributed by atoms with Gasteiger partial charge in [0.2, 0.25) is 0 Å². The molecule has 0 spiro atoms. The van der Waals surface area contributed by atoms with Crippen molar-refractivity contribution >= 4 is 11.6 Å². The highest BCUT2D eigenvalue weighted by Gasteiger charge is 2.11. The van der Waals surface area contributed by atoms with Crippen LogP contribution in [0, 0.1) is 13.8 Å². The van der Waals surface area contributed by atoms with Crippen LogP contribution in [0.3, 0.4) is 0 Å². The molecule has 0 aliphatic heterocycles. The lowest BCUT2D eigenvalue weighted by Crippen LogP contribution is -2.14. The predicted molar refractivity (Wildman–Crippen MR) is 85.2 cm³/mol. The fraction of sp³-hybridized carbons (Fsp3) is 0.118. The second-order valence-corrected chi connectivity index (χ2v) is 5.14. The number of amides is 1. The fourth-order valence-electron chi connectivity index (χ4n) is 2.40. The molecule has 0 aliphatic carbocycles. The standard InChI is InChI=1S/C17H16N4O/c1-12-8-15(21-10-18-19-11-21)9-13(2)16(12)20-17(22)14-6-4-3-5-7-14/h3-11H,1-2H3,(H,20,22). The van der Waals surface area contributed by atoms with Crippen LogP contribution in [-0.2, 0) is 0 Å². The molecule has 1 amide bonds. The first-order valence-electron chi connectivity index (χ1n) is 6.98. The van der Waals surface area contributed by atoms with E-state index in [4.69, 9.17) is 0 Å². The highest BCUT2D eigenvalue weighted by atomic mass is 16.1. The molecule has 0 saturated heterocycles. The minimum Gasteiger partial charge on any atom is -0.322 e. The zero-order valence-corrected chi connectivity index (χ0v) is 12.4. The smallest absolute Gasteiger partial charge is 0.255 e. The summed E-state index contributed by atoms with van der Waals surface area (Å²) < 4.78 is 1.84. The van der Waals surface area contributed by atoms with Gasteiger partial charge in [-0.25, -0.2) is 0 Å². The largest absolute Gasteiger partial charge is 0.322 e. The van der Waals surface area contributed by atoms with Crippen molar-refractivity contribution in [2.75, 3.05) is 5.32 Å². The quantitative estimate of drug-likeness (QED) is 0.806. The van der Waals surface area contributed by atoms with Gasteiger partial charge < -0.3 is 5.32 Å². The van der Waals surface area contributed by atoms with Gasteiger partial charge in [0.15, 0.2) is 0 Å². The molecule has 110 valence electrons. The highest BCUT2D eigenvalue weighted by molar-refractivity contribution is 6.05. The summed E-state index contributed by atoms with van der Waals surface area (Å²) in [5, 5.41) is 10.6. The van der Waals surface area contributed by atoms with Gasteiger partial charge in [0.1, 0.15) is 12.7 Å². The van der Waals surface area contributed by atoms with Crippen LogP contribution in [0.25, 0.3) is 5.69 Å². The number of carbonyl (C=O) groups is 1. The number of nitrogens with one attached hydrogen (secondary N) is 1. The molecule has 1 aromatic heterocycles. The molecule has 3 aromatic rings. The maximum absolute atomic E-state index is 12.3. The Bertz CT molecular complexity index is 772. The van der Waals surface area contributed by atoms with Crippen LogP contribution >= 0.6 is 0 Å². The number of benzene rings is 2. The van der Waals surface area contributed by atoms with Crippen LogP contribution in [0.5, 0.6) is 0 Å². The molecule has 22 heavy (non-hydrogen) atoms. The number of anilines is 1. The number of carbonyl (C=O) groups excluding carboxylic acids is 1. The number of hydrogen-bond donors (Lipinski definition) is 1. The minimum absolute atomic E-state index is 0.108. The zero-order valence-electron chi connectivity index (χ0n) is 12.4. The topological polar surface area (TPSA) is 59.8 Å². The van der Waals surface area contributed by atoms with Crippen molar-refractivity contribution in [3.8, 4) is 5.69 Å². The van der Waals surface area contributed by atoms with Gasteiger partial charge in [0.05, 0.1) is 0 Å². The van der Waals surface area contributed by atoms with Crippen LogP contribution in [-0.4, -0.2) is 20.7 Å². The third kappa shape index (κ3) is 2.74. The van der Waals surface area contributed by atoms with E-state index in [-0.39, 0.29) is 5.91 Å². The number of aryl methyl sites for hydroxylation is 2. The van der Waals surface area contributed by atoms with Gasteiger partial charge in [0, 0.05) is 16.9 Å². The maximum atomic E-state index is 12.3. The molecular formula is C17H16N4O. The Kier molecular flexibility index (Phi) is 3.70. The van der Waals surface area contributed by atoms with Crippen molar-refractivity contribution in [2.45, 2.75) is 13.8 Å². The first kappa shape index (κ1) is 14.0. The minimum atomic E-state index is -0.108. The lowest BCUT2D eigenvalue weighted by molar-refractivity contribution is 0.102. The molecule has 1 heterocycles. The number of nitrogens with zero attached hydrogens (tertiary/aromatic N) is 3. The van der Waals surface area contributed by atoms with Gasteiger partial charge in [-0.2, -0.15) is 0 Å². The summed E-state index contributed by atoms with van der Waals surface area (Å²) in [5.74, 6) is -0.108.